The lowest BCUT2D eigenvalue weighted by Crippen LogP contribution is -1.89. The summed E-state index contributed by atoms with van der Waals surface area (Å²) in [5.41, 5.74) is 6.47. The number of aromatic nitrogens is 1. The highest BCUT2D eigenvalue weighted by Gasteiger charge is 2.05. The summed E-state index contributed by atoms with van der Waals surface area (Å²) < 4.78 is 0. The number of nitrogens with zero attached hydrogens (tertiary/aromatic N) is 1. The lowest BCUT2D eigenvalue weighted by molar-refractivity contribution is 1.09. The van der Waals surface area contributed by atoms with Gasteiger partial charge in [0.15, 0.2) is 0 Å². The molecule has 0 aliphatic heterocycles. The molecule has 3 heteroatoms. The maximum absolute atomic E-state index is 4.79. The van der Waals surface area contributed by atoms with Crippen LogP contribution in [-0.4, -0.2) is 4.98 Å². The first-order valence-electron chi connectivity index (χ1n) is 7.78. The van der Waals surface area contributed by atoms with Crippen molar-refractivity contribution in [2.24, 2.45) is 0 Å². The summed E-state index contributed by atoms with van der Waals surface area (Å²) in [6, 6.07) is 15.4. The fourth-order valence-electron chi connectivity index (χ4n) is 2.55. The maximum Gasteiger partial charge on any atom is 0.0972 e. The van der Waals surface area contributed by atoms with E-state index in [1.807, 2.05) is 11.8 Å². The maximum atomic E-state index is 4.79. The Bertz CT molecular complexity index is 767. The Morgan fingerprint density at radius 3 is 2.30 bits per heavy atom. The summed E-state index contributed by atoms with van der Waals surface area (Å²) in [4.78, 5) is 6.11. The zero-order valence-electron chi connectivity index (χ0n) is 13.8. The van der Waals surface area contributed by atoms with Gasteiger partial charge in [0.05, 0.1) is 10.7 Å². The number of thiazole rings is 1. The van der Waals surface area contributed by atoms with Gasteiger partial charge in [-0.2, -0.15) is 0 Å². The molecule has 0 N–H and O–H groups in total. The summed E-state index contributed by atoms with van der Waals surface area (Å²) in [5, 5.41) is 3.39. The van der Waals surface area contributed by atoms with E-state index in [0.29, 0.717) is 0 Å². The summed E-state index contributed by atoms with van der Waals surface area (Å²) >= 11 is 3.63. The number of hydrogen-bond donors (Lipinski definition) is 0. The molecule has 23 heavy (non-hydrogen) atoms. The highest BCUT2D eigenvalue weighted by Crippen LogP contribution is 2.26. The van der Waals surface area contributed by atoms with E-state index in [-0.39, 0.29) is 0 Å². The molecule has 118 valence electrons. The average Bonchev–Trinajstić information content (AvgIpc) is 2.94. The number of thioether (sulfide) groups is 1. The van der Waals surface area contributed by atoms with Crippen LogP contribution in [0.5, 0.6) is 0 Å². The van der Waals surface area contributed by atoms with Gasteiger partial charge >= 0.3 is 0 Å². The highest BCUT2D eigenvalue weighted by molar-refractivity contribution is 7.98. The van der Waals surface area contributed by atoms with E-state index in [0.717, 1.165) is 12.2 Å². The van der Waals surface area contributed by atoms with Crippen LogP contribution in [0.15, 0.2) is 52.7 Å². The molecule has 2 aromatic carbocycles. The SMILES string of the molecule is Cc1ccc(Cc2nc(CSc3cc(C)cc(C)c3)cs2)cc1. The molecule has 1 aromatic heterocycles. The Labute approximate surface area is 146 Å². The van der Waals surface area contributed by atoms with Crippen LogP contribution in [0.4, 0.5) is 0 Å². The van der Waals surface area contributed by atoms with Crippen LogP contribution in [0.3, 0.4) is 0 Å². The van der Waals surface area contributed by atoms with Crippen LogP contribution in [-0.2, 0) is 12.2 Å². The molecule has 0 saturated heterocycles. The van der Waals surface area contributed by atoms with Gasteiger partial charge in [-0.15, -0.1) is 23.1 Å². The first kappa shape index (κ1) is 16.3. The van der Waals surface area contributed by atoms with Crippen molar-refractivity contribution in [2.45, 2.75) is 37.8 Å². The molecule has 1 heterocycles. The Morgan fingerprint density at radius 2 is 1.61 bits per heavy atom. The molecule has 1 nitrogen and oxygen atoms in total. The van der Waals surface area contributed by atoms with E-state index in [1.54, 1.807) is 11.3 Å². The molecule has 0 fully saturated rings. The van der Waals surface area contributed by atoms with Gasteiger partial charge < -0.3 is 0 Å². The monoisotopic (exact) mass is 339 g/mol. The van der Waals surface area contributed by atoms with Crippen LogP contribution in [0.1, 0.15) is 33.0 Å². The van der Waals surface area contributed by atoms with Crippen LogP contribution < -0.4 is 0 Å². The minimum Gasteiger partial charge on any atom is -0.245 e. The van der Waals surface area contributed by atoms with Crippen molar-refractivity contribution in [3.63, 3.8) is 0 Å². The first-order chi connectivity index (χ1) is 11.1. The Kier molecular flexibility index (Phi) is 5.19. The van der Waals surface area contributed by atoms with Gasteiger partial charge in [0.2, 0.25) is 0 Å². The standard InChI is InChI=1S/C20H21NS2/c1-14-4-6-17(7-5-14)11-20-21-18(13-23-20)12-22-19-9-15(2)8-16(3)10-19/h4-10,13H,11-12H2,1-3H3. The number of aryl methyl sites for hydroxylation is 3. The smallest absolute Gasteiger partial charge is 0.0972 e. The quantitative estimate of drug-likeness (QED) is 0.533. The fourth-order valence-corrected chi connectivity index (χ4v) is 4.48. The van der Waals surface area contributed by atoms with Gasteiger partial charge in [0.25, 0.3) is 0 Å². The molecule has 0 spiro atoms. The normalized spacial score (nSPS) is 10.9. The summed E-state index contributed by atoms with van der Waals surface area (Å²) in [5.74, 6) is 0.938. The van der Waals surface area contributed by atoms with Crippen LogP contribution in [0, 0.1) is 20.8 Å². The van der Waals surface area contributed by atoms with Crippen molar-refractivity contribution in [2.75, 3.05) is 0 Å². The second-order valence-corrected chi connectivity index (χ2v) is 8.00. The molecule has 0 radical (unpaired) electrons. The second-order valence-electron chi connectivity index (χ2n) is 6.01. The lowest BCUT2D eigenvalue weighted by atomic mass is 10.1. The number of hydrogen-bond acceptors (Lipinski definition) is 3. The van der Waals surface area contributed by atoms with Crippen molar-refractivity contribution >= 4 is 23.1 Å². The van der Waals surface area contributed by atoms with E-state index in [4.69, 9.17) is 4.98 Å². The summed E-state index contributed by atoms with van der Waals surface area (Å²) in [6.07, 6.45) is 0.930. The zero-order valence-corrected chi connectivity index (χ0v) is 15.4. The van der Waals surface area contributed by atoms with Crippen molar-refractivity contribution in [3.8, 4) is 0 Å². The second kappa shape index (κ2) is 7.33. The van der Waals surface area contributed by atoms with Gasteiger partial charge in [-0.25, -0.2) is 4.98 Å². The van der Waals surface area contributed by atoms with Crippen LogP contribution in [0.2, 0.25) is 0 Å². The van der Waals surface area contributed by atoms with Crippen molar-refractivity contribution < 1.29 is 0 Å². The van der Waals surface area contributed by atoms with Crippen LogP contribution >= 0.6 is 23.1 Å². The van der Waals surface area contributed by atoms with E-state index < -0.39 is 0 Å². The van der Waals surface area contributed by atoms with Crippen molar-refractivity contribution in [1.82, 2.24) is 4.98 Å². The molecule has 0 aliphatic carbocycles. The minimum absolute atomic E-state index is 0.930. The van der Waals surface area contributed by atoms with E-state index >= 15 is 0 Å². The minimum atomic E-state index is 0.930. The Morgan fingerprint density at radius 1 is 0.913 bits per heavy atom. The Hall–Kier alpha value is -1.58. The van der Waals surface area contributed by atoms with Gasteiger partial charge in [0, 0.05) is 22.4 Å². The van der Waals surface area contributed by atoms with E-state index in [2.05, 4.69) is 68.6 Å². The van der Waals surface area contributed by atoms with Gasteiger partial charge in [0.1, 0.15) is 0 Å². The van der Waals surface area contributed by atoms with Gasteiger partial charge in [-0.05, 0) is 49.6 Å². The predicted octanol–water partition coefficient (Wildman–Crippen LogP) is 5.95. The third kappa shape index (κ3) is 4.69. The first-order valence-corrected chi connectivity index (χ1v) is 9.65. The van der Waals surface area contributed by atoms with E-state index in [1.165, 1.54) is 37.9 Å². The highest BCUT2D eigenvalue weighted by atomic mass is 32.2. The third-order valence-electron chi connectivity index (χ3n) is 3.66. The molecular formula is C20H21NS2. The molecule has 0 amide bonds. The molecule has 0 unspecified atom stereocenters. The number of rotatable bonds is 5. The fraction of sp³-hybridized carbons (Fsp3) is 0.250. The van der Waals surface area contributed by atoms with Crippen molar-refractivity contribution in [3.05, 3.63) is 80.8 Å². The summed E-state index contributed by atoms with van der Waals surface area (Å²) in [6.45, 7) is 6.43. The van der Waals surface area contributed by atoms with Crippen LogP contribution in [0.25, 0.3) is 0 Å². The summed E-state index contributed by atoms with van der Waals surface area (Å²) in [7, 11) is 0. The predicted molar refractivity (Wildman–Crippen MR) is 102 cm³/mol. The Balaban J connectivity index is 1.61. The lowest BCUT2D eigenvalue weighted by Gasteiger charge is -2.03. The molecule has 3 rings (SSSR count). The largest absolute Gasteiger partial charge is 0.245 e. The molecule has 0 atom stereocenters. The molecule has 0 bridgehead atoms. The van der Waals surface area contributed by atoms with Gasteiger partial charge in [-0.1, -0.05) is 35.9 Å². The molecule has 3 aromatic rings. The molecule has 0 saturated carbocycles. The number of benzene rings is 2. The molecule has 0 aliphatic rings. The van der Waals surface area contributed by atoms with Gasteiger partial charge in [-0.3, -0.25) is 0 Å². The molecular weight excluding hydrogens is 318 g/mol. The zero-order chi connectivity index (χ0) is 16.2. The topological polar surface area (TPSA) is 12.9 Å². The third-order valence-corrected chi connectivity index (χ3v) is 5.56. The van der Waals surface area contributed by atoms with E-state index in [9.17, 15) is 0 Å². The van der Waals surface area contributed by atoms with Crippen molar-refractivity contribution in [1.29, 1.82) is 0 Å². The average molecular weight is 340 g/mol.